The van der Waals surface area contributed by atoms with Gasteiger partial charge in [-0.3, -0.25) is 9.59 Å². The number of carbonyl (C=O) groups is 2. The van der Waals surface area contributed by atoms with Gasteiger partial charge in [0.15, 0.2) is 6.29 Å². The fraction of sp³-hybridized carbons (Fsp3) is 0.357. The van der Waals surface area contributed by atoms with E-state index in [2.05, 4.69) is 10.3 Å². The van der Waals surface area contributed by atoms with E-state index in [1.807, 2.05) is 66.9 Å². The minimum absolute atomic E-state index is 0.0587. The number of rotatable bonds is 12. The van der Waals surface area contributed by atoms with Gasteiger partial charge in [0.05, 0.1) is 26.0 Å². The van der Waals surface area contributed by atoms with Gasteiger partial charge in [-0.25, -0.2) is 4.68 Å². The summed E-state index contributed by atoms with van der Waals surface area (Å²) >= 11 is 0. The minimum Gasteiger partial charge on any atom is -0.463 e. The van der Waals surface area contributed by atoms with Crippen LogP contribution in [-0.2, 0) is 46.4 Å². The molecular formula is C28H31N3O7. The van der Waals surface area contributed by atoms with Gasteiger partial charge in [0.1, 0.15) is 30.6 Å². The van der Waals surface area contributed by atoms with Gasteiger partial charge in [-0.2, -0.15) is 0 Å². The molecule has 3 aromatic rings. The summed E-state index contributed by atoms with van der Waals surface area (Å²) in [5.41, 5.74) is 2.81. The molecule has 10 nitrogen and oxygen atoms in total. The average molecular weight is 522 g/mol. The molecule has 1 aliphatic rings. The number of nitrogens with zero attached hydrogens (tertiary/aromatic N) is 3. The predicted molar refractivity (Wildman–Crippen MR) is 135 cm³/mol. The maximum Gasteiger partial charge on any atom is 0.303 e. The average Bonchev–Trinajstić information content (AvgIpc) is 3.37. The Morgan fingerprint density at radius 2 is 1.66 bits per heavy atom. The Morgan fingerprint density at radius 1 is 0.974 bits per heavy atom. The summed E-state index contributed by atoms with van der Waals surface area (Å²) < 4.78 is 29.8. The number of hydrogen-bond acceptors (Lipinski definition) is 9. The van der Waals surface area contributed by atoms with Crippen LogP contribution in [-0.4, -0.2) is 58.6 Å². The summed E-state index contributed by atoms with van der Waals surface area (Å²) in [5.74, 6) is -0.910. The Morgan fingerprint density at radius 3 is 2.29 bits per heavy atom. The molecule has 0 saturated heterocycles. The van der Waals surface area contributed by atoms with Crippen molar-refractivity contribution >= 4 is 11.9 Å². The molecular weight excluding hydrogens is 490 g/mol. The third-order valence-electron chi connectivity index (χ3n) is 5.68. The lowest BCUT2D eigenvalue weighted by Gasteiger charge is -2.31. The van der Waals surface area contributed by atoms with E-state index >= 15 is 0 Å². The van der Waals surface area contributed by atoms with Gasteiger partial charge < -0.3 is 23.7 Å². The first-order valence-corrected chi connectivity index (χ1v) is 12.3. The molecule has 0 saturated carbocycles. The Bertz CT molecular complexity index is 1160. The van der Waals surface area contributed by atoms with Crippen molar-refractivity contribution in [3.8, 4) is 0 Å². The topological polar surface area (TPSA) is 111 Å². The predicted octanol–water partition coefficient (Wildman–Crippen LogP) is 3.38. The zero-order chi connectivity index (χ0) is 26.7. The van der Waals surface area contributed by atoms with Gasteiger partial charge in [0, 0.05) is 13.8 Å². The molecule has 2 aromatic carbocycles. The first-order chi connectivity index (χ1) is 18.5. The normalized spacial score (nSPS) is 18.9. The molecule has 0 N–H and O–H groups in total. The van der Waals surface area contributed by atoms with Crippen molar-refractivity contribution in [1.29, 1.82) is 0 Å². The zero-order valence-corrected chi connectivity index (χ0v) is 21.3. The molecule has 0 fully saturated rings. The lowest BCUT2D eigenvalue weighted by molar-refractivity contribution is -0.197. The van der Waals surface area contributed by atoms with Crippen LogP contribution in [0.5, 0.6) is 0 Å². The highest BCUT2D eigenvalue weighted by Gasteiger charge is 2.31. The van der Waals surface area contributed by atoms with Gasteiger partial charge >= 0.3 is 11.9 Å². The van der Waals surface area contributed by atoms with Crippen LogP contribution in [0.2, 0.25) is 0 Å². The molecule has 3 atom stereocenters. The number of aromatic nitrogens is 3. The third-order valence-corrected chi connectivity index (χ3v) is 5.68. The van der Waals surface area contributed by atoms with Gasteiger partial charge in [-0.15, -0.1) is 5.10 Å². The quantitative estimate of drug-likeness (QED) is 0.262. The van der Waals surface area contributed by atoms with Crippen LogP contribution < -0.4 is 0 Å². The van der Waals surface area contributed by atoms with Crippen molar-refractivity contribution in [1.82, 2.24) is 15.0 Å². The lowest BCUT2D eigenvalue weighted by atomic mass is 10.0. The molecule has 200 valence electrons. The molecule has 0 spiro atoms. The summed E-state index contributed by atoms with van der Waals surface area (Å²) in [6.07, 6.45) is 2.89. The van der Waals surface area contributed by atoms with E-state index in [1.165, 1.54) is 13.8 Å². The van der Waals surface area contributed by atoms with Crippen LogP contribution in [0.15, 0.2) is 79.0 Å². The van der Waals surface area contributed by atoms with Crippen molar-refractivity contribution in [3.63, 3.8) is 0 Å². The molecule has 1 aromatic heterocycles. The number of benzene rings is 2. The smallest absolute Gasteiger partial charge is 0.303 e. The van der Waals surface area contributed by atoms with Crippen molar-refractivity contribution in [2.75, 3.05) is 13.2 Å². The van der Waals surface area contributed by atoms with E-state index in [1.54, 1.807) is 16.8 Å². The standard InChI is InChI=1S/C28H31N3O7/c1-20(32)35-19-26-25(37-21(2)33)13-14-27(38-26)34-16-15-31-17-24(29-30-31)18-36-28(22-9-5-3-6-10-22)23-11-7-4-8-12-23/h3-14,17,25-28H,15-16,18-19H2,1-2H3/t25-,26+,27-/m0/s1. The summed E-state index contributed by atoms with van der Waals surface area (Å²) in [6.45, 7) is 3.56. The van der Waals surface area contributed by atoms with E-state index in [0.717, 1.165) is 11.1 Å². The Balaban J connectivity index is 1.28. The van der Waals surface area contributed by atoms with Crippen LogP contribution in [0.4, 0.5) is 0 Å². The molecule has 10 heteroatoms. The Labute approximate surface area is 221 Å². The van der Waals surface area contributed by atoms with Crippen molar-refractivity contribution in [2.24, 2.45) is 0 Å². The monoisotopic (exact) mass is 521 g/mol. The van der Waals surface area contributed by atoms with Crippen LogP contribution in [0.3, 0.4) is 0 Å². The molecule has 0 aliphatic carbocycles. The van der Waals surface area contributed by atoms with Gasteiger partial charge in [-0.1, -0.05) is 65.9 Å². The van der Waals surface area contributed by atoms with Crippen LogP contribution in [0.1, 0.15) is 36.8 Å². The Hall–Kier alpha value is -3.86. The second-order valence-electron chi connectivity index (χ2n) is 8.66. The fourth-order valence-corrected chi connectivity index (χ4v) is 3.94. The number of ether oxygens (including phenoxy) is 5. The largest absolute Gasteiger partial charge is 0.463 e. The van der Waals surface area contributed by atoms with Crippen LogP contribution in [0.25, 0.3) is 0 Å². The highest BCUT2D eigenvalue weighted by molar-refractivity contribution is 5.66. The SMILES string of the molecule is CC(=O)OC[C@H]1O[C@H](OCCn2cc(COC(c3ccccc3)c3ccccc3)nn2)C=C[C@@H]1OC(C)=O. The Kier molecular flexibility index (Phi) is 9.74. The van der Waals surface area contributed by atoms with E-state index in [-0.39, 0.29) is 19.3 Å². The molecule has 0 unspecified atom stereocenters. The molecule has 0 amide bonds. The number of carbonyl (C=O) groups excluding carboxylic acids is 2. The molecule has 4 rings (SSSR count). The fourth-order valence-electron chi connectivity index (χ4n) is 3.94. The lowest BCUT2D eigenvalue weighted by Crippen LogP contribution is -2.42. The maximum absolute atomic E-state index is 11.4. The number of hydrogen-bond donors (Lipinski definition) is 0. The van der Waals surface area contributed by atoms with Gasteiger partial charge in [0.25, 0.3) is 0 Å². The van der Waals surface area contributed by atoms with Crippen molar-refractivity contribution in [2.45, 2.75) is 51.6 Å². The van der Waals surface area contributed by atoms with E-state index in [4.69, 9.17) is 23.7 Å². The van der Waals surface area contributed by atoms with E-state index in [0.29, 0.717) is 18.8 Å². The van der Waals surface area contributed by atoms with E-state index in [9.17, 15) is 9.59 Å². The summed E-state index contributed by atoms with van der Waals surface area (Å²) in [5, 5.41) is 8.39. The highest BCUT2D eigenvalue weighted by Crippen LogP contribution is 2.26. The zero-order valence-electron chi connectivity index (χ0n) is 21.3. The molecule has 0 bridgehead atoms. The second-order valence-corrected chi connectivity index (χ2v) is 8.66. The summed E-state index contributed by atoms with van der Waals surface area (Å²) in [7, 11) is 0. The summed E-state index contributed by atoms with van der Waals surface area (Å²) in [6, 6.07) is 20.1. The summed E-state index contributed by atoms with van der Waals surface area (Å²) in [4.78, 5) is 22.6. The molecule has 2 heterocycles. The minimum atomic E-state index is -0.689. The third kappa shape index (κ3) is 8.07. The van der Waals surface area contributed by atoms with Gasteiger partial charge in [-0.05, 0) is 23.3 Å². The van der Waals surface area contributed by atoms with Crippen molar-refractivity contribution < 1.29 is 33.3 Å². The maximum atomic E-state index is 11.4. The molecule has 1 aliphatic heterocycles. The second kappa shape index (κ2) is 13.6. The first-order valence-electron chi connectivity index (χ1n) is 12.3. The first kappa shape index (κ1) is 27.2. The molecule has 0 radical (unpaired) electrons. The number of esters is 2. The van der Waals surface area contributed by atoms with Crippen LogP contribution in [0, 0.1) is 0 Å². The van der Waals surface area contributed by atoms with E-state index < -0.39 is 30.4 Å². The van der Waals surface area contributed by atoms with Crippen molar-refractivity contribution in [3.05, 3.63) is 95.8 Å². The highest BCUT2D eigenvalue weighted by atomic mass is 16.7. The van der Waals surface area contributed by atoms with Crippen LogP contribution >= 0.6 is 0 Å². The van der Waals surface area contributed by atoms with Gasteiger partial charge in [0.2, 0.25) is 0 Å². The molecule has 38 heavy (non-hydrogen) atoms.